The molecule has 3 aromatic carbocycles. The van der Waals surface area contributed by atoms with Crippen molar-refractivity contribution in [3.05, 3.63) is 96.1 Å². The Kier molecular flexibility index (Phi) is 3.59. The Morgan fingerprint density at radius 3 is 1.79 bits per heavy atom. The molecule has 4 rings (SSSR count). The highest BCUT2D eigenvalue weighted by molar-refractivity contribution is 7.79. The monoisotopic (exact) mass is 333 g/mol. The fourth-order valence-corrected chi connectivity index (χ4v) is 6.30. The lowest BCUT2D eigenvalue weighted by Crippen LogP contribution is -2.28. The molecule has 3 nitrogen and oxygen atoms in total. The van der Waals surface area contributed by atoms with Crippen molar-refractivity contribution in [1.29, 1.82) is 0 Å². The SMILES string of the molecule is O=C1N[C@@H](P(=O)(c2ccccc2)c2ccccc2)c2ccccc21. The molecule has 3 aromatic rings. The van der Waals surface area contributed by atoms with Gasteiger partial charge in [0.05, 0.1) is 0 Å². The van der Waals surface area contributed by atoms with E-state index in [0.717, 1.165) is 16.2 Å². The molecular weight excluding hydrogens is 317 g/mol. The molecular formula is C20H16NO2P. The lowest BCUT2D eigenvalue weighted by atomic mass is 10.1. The molecule has 1 amide bonds. The quantitative estimate of drug-likeness (QED) is 0.746. The molecule has 0 bridgehead atoms. The summed E-state index contributed by atoms with van der Waals surface area (Å²) >= 11 is 0. The van der Waals surface area contributed by atoms with Crippen LogP contribution in [0.2, 0.25) is 0 Å². The van der Waals surface area contributed by atoms with E-state index in [1.54, 1.807) is 6.07 Å². The molecule has 0 fully saturated rings. The fraction of sp³-hybridized carbons (Fsp3) is 0.0500. The molecule has 1 atom stereocenters. The summed E-state index contributed by atoms with van der Waals surface area (Å²) in [5, 5.41) is 4.45. The van der Waals surface area contributed by atoms with Gasteiger partial charge in [-0.2, -0.15) is 0 Å². The molecule has 0 spiro atoms. The smallest absolute Gasteiger partial charge is 0.252 e. The predicted molar refractivity (Wildman–Crippen MR) is 96.4 cm³/mol. The highest BCUT2D eigenvalue weighted by atomic mass is 31.2. The minimum Gasteiger partial charge on any atom is -0.338 e. The first kappa shape index (κ1) is 14.9. The fourth-order valence-electron chi connectivity index (χ4n) is 3.25. The normalized spacial score (nSPS) is 16.5. The van der Waals surface area contributed by atoms with E-state index < -0.39 is 12.9 Å². The molecule has 0 radical (unpaired) electrons. The van der Waals surface area contributed by atoms with Crippen LogP contribution in [0.25, 0.3) is 0 Å². The van der Waals surface area contributed by atoms with Gasteiger partial charge in [-0.15, -0.1) is 0 Å². The standard InChI is InChI=1S/C20H16NO2P/c22-19-17-13-7-8-14-18(17)20(21-19)24(23,15-9-3-1-4-10-15)16-11-5-2-6-12-16/h1-14,20H,(H,21,22)/t20-/m0/s1. The first-order valence-corrected chi connectivity index (χ1v) is 9.59. The summed E-state index contributed by atoms with van der Waals surface area (Å²) in [5.74, 6) is -0.700. The molecule has 24 heavy (non-hydrogen) atoms. The molecule has 0 aromatic heterocycles. The number of hydrogen-bond acceptors (Lipinski definition) is 2. The zero-order valence-corrected chi connectivity index (χ0v) is 13.8. The maximum absolute atomic E-state index is 14.3. The number of nitrogens with one attached hydrogen (secondary N) is 1. The van der Waals surface area contributed by atoms with Crippen LogP contribution in [0.5, 0.6) is 0 Å². The highest BCUT2D eigenvalue weighted by Gasteiger charge is 2.43. The van der Waals surface area contributed by atoms with E-state index >= 15 is 0 Å². The Morgan fingerprint density at radius 1 is 0.708 bits per heavy atom. The van der Waals surface area contributed by atoms with Gasteiger partial charge in [-0.1, -0.05) is 78.9 Å². The van der Waals surface area contributed by atoms with Crippen LogP contribution in [0.3, 0.4) is 0 Å². The average Bonchev–Trinajstić information content (AvgIpc) is 3.00. The van der Waals surface area contributed by atoms with Crippen molar-refractivity contribution in [2.45, 2.75) is 5.78 Å². The summed E-state index contributed by atoms with van der Waals surface area (Å²) < 4.78 is 14.3. The topological polar surface area (TPSA) is 46.2 Å². The second-order valence-corrected chi connectivity index (χ2v) is 8.66. The number of fused-ring (bicyclic) bond motifs is 1. The second-order valence-electron chi connectivity index (χ2n) is 5.79. The van der Waals surface area contributed by atoms with Crippen LogP contribution in [0, 0.1) is 0 Å². The van der Waals surface area contributed by atoms with Gasteiger partial charge in [0, 0.05) is 16.2 Å². The van der Waals surface area contributed by atoms with Crippen LogP contribution in [0.4, 0.5) is 0 Å². The van der Waals surface area contributed by atoms with Gasteiger partial charge in [0.25, 0.3) is 5.91 Å². The summed E-state index contributed by atoms with van der Waals surface area (Å²) in [6, 6.07) is 26.2. The van der Waals surface area contributed by atoms with E-state index in [9.17, 15) is 9.36 Å². The summed E-state index contributed by atoms with van der Waals surface area (Å²) in [7, 11) is -3.07. The summed E-state index contributed by atoms with van der Waals surface area (Å²) in [5.41, 5.74) is 1.41. The van der Waals surface area contributed by atoms with E-state index in [-0.39, 0.29) is 5.91 Å². The first-order valence-electron chi connectivity index (χ1n) is 7.82. The van der Waals surface area contributed by atoms with Gasteiger partial charge in [-0.25, -0.2) is 0 Å². The van der Waals surface area contributed by atoms with Gasteiger partial charge in [0.1, 0.15) is 5.78 Å². The van der Waals surface area contributed by atoms with Crippen molar-refractivity contribution in [2.75, 3.05) is 0 Å². The van der Waals surface area contributed by atoms with Crippen molar-refractivity contribution in [2.24, 2.45) is 0 Å². The Bertz CT molecular complexity index is 895. The Hall–Kier alpha value is -2.64. The zero-order valence-electron chi connectivity index (χ0n) is 12.9. The minimum atomic E-state index is -3.07. The lowest BCUT2D eigenvalue weighted by molar-refractivity contribution is 0.0964. The van der Waals surface area contributed by atoms with Crippen molar-refractivity contribution >= 4 is 23.7 Å². The number of hydrogen-bond donors (Lipinski definition) is 1. The van der Waals surface area contributed by atoms with Gasteiger partial charge in [-0.3, -0.25) is 4.79 Å². The Balaban J connectivity index is 1.96. The predicted octanol–water partition coefficient (Wildman–Crippen LogP) is 3.44. The van der Waals surface area contributed by atoms with Gasteiger partial charge in [-0.05, 0) is 11.6 Å². The average molecular weight is 333 g/mol. The molecule has 1 N–H and O–H groups in total. The van der Waals surface area contributed by atoms with Gasteiger partial charge >= 0.3 is 0 Å². The number of carbonyl (C=O) groups excluding carboxylic acids is 1. The molecule has 0 saturated carbocycles. The molecule has 0 saturated heterocycles. The van der Waals surface area contributed by atoms with E-state index in [2.05, 4.69) is 5.32 Å². The third-order valence-electron chi connectivity index (χ3n) is 4.41. The minimum absolute atomic E-state index is 0.164. The van der Waals surface area contributed by atoms with Gasteiger partial charge in [0.15, 0.2) is 7.14 Å². The third kappa shape index (κ3) is 2.21. The van der Waals surface area contributed by atoms with Crippen molar-refractivity contribution < 1.29 is 9.36 Å². The number of rotatable bonds is 3. The van der Waals surface area contributed by atoms with Crippen molar-refractivity contribution in [1.82, 2.24) is 5.32 Å². The van der Waals surface area contributed by atoms with Crippen LogP contribution in [0.1, 0.15) is 21.7 Å². The maximum Gasteiger partial charge on any atom is 0.252 e. The maximum atomic E-state index is 14.3. The second kappa shape index (κ2) is 5.77. The van der Waals surface area contributed by atoms with Crippen LogP contribution >= 0.6 is 7.14 Å². The number of carbonyl (C=O) groups is 1. The molecule has 1 aliphatic heterocycles. The molecule has 4 heteroatoms. The van der Waals surface area contributed by atoms with E-state index in [1.165, 1.54) is 0 Å². The van der Waals surface area contributed by atoms with Crippen molar-refractivity contribution in [3.63, 3.8) is 0 Å². The van der Waals surface area contributed by atoms with Crippen LogP contribution < -0.4 is 15.9 Å². The molecule has 118 valence electrons. The van der Waals surface area contributed by atoms with Gasteiger partial charge in [0.2, 0.25) is 0 Å². The summed E-state index contributed by atoms with van der Waals surface area (Å²) in [6.45, 7) is 0. The Morgan fingerprint density at radius 2 is 1.21 bits per heavy atom. The number of amides is 1. The summed E-state index contributed by atoms with van der Waals surface area (Å²) in [6.07, 6.45) is 0. The van der Waals surface area contributed by atoms with Crippen LogP contribution in [-0.2, 0) is 4.57 Å². The van der Waals surface area contributed by atoms with Crippen molar-refractivity contribution in [3.8, 4) is 0 Å². The van der Waals surface area contributed by atoms with Gasteiger partial charge < -0.3 is 9.88 Å². The lowest BCUT2D eigenvalue weighted by Gasteiger charge is -2.26. The first-order chi connectivity index (χ1) is 11.7. The molecule has 0 aliphatic carbocycles. The molecule has 1 aliphatic rings. The third-order valence-corrected chi connectivity index (χ3v) is 7.68. The largest absolute Gasteiger partial charge is 0.338 e. The molecule has 1 heterocycles. The highest BCUT2D eigenvalue weighted by Crippen LogP contribution is 2.57. The number of benzene rings is 3. The Labute approximate surface area is 140 Å². The van der Waals surface area contributed by atoms with Crippen LogP contribution in [0.15, 0.2) is 84.9 Å². The van der Waals surface area contributed by atoms with E-state index in [1.807, 2.05) is 78.9 Å². The summed E-state index contributed by atoms with van der Waals surface area (Å²) in [4.78, 5) is 12.4. The molecule has 0 unspecified atom stereocenters. The van der Waals surface area contributed by atoms with E-state index in [0.29, 0.717) is 5.56 Å². The van der Waals surface area contributed by atoms with E-state index in [4.69, 9.17) is 0 Å². The zero-order chi connectivity index (χ0) is 16.6. The van der Waals surface area contributed by atoms with Crippen LogP contribution in [-0.4, -0.2) is 5.91 Å².